The largest absolute Gasteiger partial charge is 0.459 e. The molecular formula is C20H30O4. The average molecular weight is 334 g/mol. The number of ether oxygens (including phenoxy) is 2. The van der Waals surface area contributed by atoms with Crippen LogP contribution in [0.15, 0.2) is 23.8 Å². The van der Waals surface area contributed by atoms with Gasteiger partial charge in [-0.15, -0.1) is 0 Å². The molecule has 0 aromatic carbocycles. The van der Waals surface area contributed by atoms with Crippen LogP contribution < -0.4 is 0 Å². The van der Waals surface area contributed by atoms with Gasteiger partial charge in [-0.2, -0.15) is 0 Å². The molecule has 3 rings (SSSR count). The van der Waals surface area contributed by atoms with E-state index in [1.807, 2.05) is 13.2 Å². The smallest absolute Gasteiger partial charge is 0.336 e. The highest BCUT2D eigenvalue weighted by atomic mass is 16.6. The maximum atomic E-state index is 11.7. The predicted molar refractivity (Wildman–Crippen MR) is 92.3 cm³/mol. The van der Waals surface area contributed by atoms with Crippen LogP contribution in [0.3, 0.4) is 0 Å². The third-order valence-corrected chi connectivity index (χ3v) is 6.94. The van der Waals surface area contributed by atoms with Crippen molar-refractivity contribution in [1.82, 2.24) is 0 Å². The summed E-state index contributed by atoms with van der Waals surface area (Å²) in [6.45, 7) is 9.13. The number of methoxy groups -OCH3 is 1. The van der Waals surface area contributed by atoms with Crippen molar-refractivity contribution in [2.24, 2.45) is 23.2 Å². The fraction of sp³-hybridized carbons (Fsp3) is 0.750. The standard InChI is InChI=1S/C20H30O4/c1-12-5-7-16-13(2)18(23-4)9-10-20(16,3)15(12)8-6-14-17(21)11-24-19(14)22/h6,13,15-18,21H,1,5,7-11H2,2-4H3/t13-,15-,16-,17?,18-,20+/m1/s1. The lowest BCUT2D eigenvalue weighted by Crippen LogP contribution is -2.50. The Balaban J connectivity index is 1.82. The van der Waals surface area contributed by atoms with E-state index >= 15 is 0 Å². The molecule has 1 aliphatic heterocycles. The van der Waals surface area contributed by atoms with Gasteiger partial charge in [0.1, 0.15) is 12.7 Å². The molecule has 4 nitrogen and oxygen atoms in total. The van der Waals surface area contributed by atoms with E-state index in [1.54, 1.807) is 0 Å². The Kier molecular flexibility index (Phi) is 4.89. The van der Waals surface area contributed by atoms with Crippen LogP contribution >= 0.6 is 0 Å². The van der Waals surface area contributed by atoms with E-state index in [0.29, 0.717) is 29.4 Å². The second-order valence-corrected chi connectivity index (χ2v) is 8.04. The van der Waals surface area contributed by atoms with Crippen LogP contribution in [-0.2, 0) is 14.3 Å². The van der Waals surface area contributed by atoms with Crippen molar-refractivity contribution in [1.29, 1.82) is 0 Å². The Morgan fingerprint density at radius 2 is 2.21 bits per heavy atom. The van der Waals surface area contributed by atoms with Crippen molar-refractivity contribution < 1.29 is 19.4 Å². The van der Waals surface area contributed by atoms with Crippen LogP contribution in [0, 0.1) is 23.2 Å². The number of allylic oxidation sites excluding steroid dienone is 2. The Hall–Kier alpha value is -1.13. The van der Waals surface area contributed by atoms with E-state index in [4.69, 9.17) is 9.47 Å². The minimum absolute atomic E-state index is 0.0860. The summed E-state index contributed by atoms with van der Waals surface area (Å²) >= 11 is 0. The van der Waals surface area contributed by atoms with E-state index < -0.39 is 6.10 Å². The van der Waals surface area contributed by atoms with Gasteiger partial charge >= 0.3 is 5.97 Å². The molecule has 0 spiro atoms. The summed E-state index contributed by atoms with van der Waals surface area (Å²) in [5, 5.41) is 9.91. The van der Waals surface area contributed by atoms with Gasteiger partial charge in [-0.1, -0.05) is 32.1 Å². The molecule has 0 aromatic heterocycles. The Morgan fingerprint density at radius 1 is 1.46 bits per heavy atom. The highest BCUT2D eigenvalue weighted by Gasteiger charge is 2.51. The molecular weight excluding hydrogens is 304 g/mol. The molecule has 2 aliphatic carbocycles. The summed E-state index contributed by atoms with van der Waals surface area (Å²) in [5.41, 5.74) is 1.90. The third kappa shape index (κ3) is 2.84. The van der Waals surface area contributed by atoms with E-state index in [1.165, 1.54) is 12.0 Å². The number of rotatable bonds is 3. The van der Waals surface area contributed by atoms with Crippen molar-refractivity contribution in [2.45, 2.75) is 58.2 Å². The molecule has 6 atom stereocenters. The molecule has 134 valence electrons. The third-order valence-electron chi connectivity index (χ3n) is 6.94. The molecule has 1 heterocycles. The van der Waals surface area contributed by atoms with Gasteiger partial charge in [0.25, 0.3) is 0 Å². The lowest BCUT2D eigenvalue weighted by atomic mass is 9.50. The number of cyclic esters (lactones) is 1. The molecule has 1 saturated heterocycles. The normalized spacial score (nSPS) is 44.5. The van der Waals surface area contributed by atoms with E-state index in [2.05, 4.69) is 20.4 Å². The fourth-order valence-electron chi connectivity index (χ4n) is 5.46. The topological polar surface area (TPSA) is 55.8 Å². The number of carbonyl (C=O) groups is 1. The molecule has 0 amide bonds. The van der Waals surface area contributed by atoms with E-state index in [9.17, 15) is 9.90 Å². The SMILES string of the molecule is C=C1CC[C@@H]2[C@@H](C)[C@H](OC)CC[C@@]2(C)[C@@H]1CC=C1C(=O)OCC1O. The van der Waals surface area contributed by atoms with Crippen molar-refractivity contribution in [3.05, 3.63) is 23.8 Å². The number of esters is 1. The molecule has 24 heavy (non-hydrogen) atoms. The zero-order valence-electron chi connectivity index (χ0n) is 15.1. The first-order valence-electron chi connectivity index (χ1n) is 9.14. The van der Waals surface area contributed by atoms with Crippen LogP contribution in [-0.4, -0.2) is 37.0 Å². The molecule has 3 aliphatic rings. The van der Waals surface area contributed by atoms with Gasteiger partial charge in [0.05, 0.1) is 11.7 Å². The van der Waals surface area contributed by atoms with Gasteiger partial charge < -0.3 is 14.6 Å². The molecule has 3 fully saturated rings. The number of aliphatic hydroxyl groups excluding tert-OH is 1. The molecule has 1 N–H and O–H groups in total. The van der Waals surface area contributed by atoms with Crippen molar-refractivity contribution in [3.8, 4) is 0 Å². The average Bonchev–Trinajstić information content (AvgIpc) is 2.86. The van der Waals surface area contributed by atoms with Gasteiger partial charge in [0.15, 0.2) is 0 Å². The van der Waals surface area contributed by atoms with E-state index in [-0.39, 0.29) is 18.0 Å². The van der Waals surface area contributed by atoms with Crippen molar-refractivity contribution >= 4 is 5.97 Å². The lowest BCUT2D eigenvalue weighted by Gasteiger charge is -2.55. The lowest BCUT2D eigenvalue weighted by molar-refractivity contribution is -0.135. The van der Waals surface area contributed by atoms with Gasteiger partial charge in [-0.25, -0.2) is 4.79 Å². The fourth-order valence-corrected chi connectivity index (χ4v) is 5.46. The monoisotopic (exact) mass is 334 g/mol. The van der Waals surface area contributed by atoms with Gasteiger partial charge in [0, 0.05) is 7.11 Å². The minimum atomic E-state index is -0.777. The number of hydrogen-bond donors (Lipinski definition) is 1. The second kappa shape index (κ2) is 6.64. The predicted octanol–water partition coefficient (Wildman–Crippen LogP) is 3.25. The molecule has 2 saturated carbocycles. The zero-order valence-corrected chi connectivity index (χ0v) is 15.1. The second-order valence-electron chi connectivity index (χ2n) is 8.04. The number of carbonyl (C=O) groups excluding carboxylic acids is 1. The minimum Gasteiger partial charge on any atom is -0.459 e. The first-order chi connectivity index (χ1) is 11.4. The summed E-state index contributed by atoms with van der Waals surface area (Å²) in [6.07, 6.45) is 6.65. The quantitative estimate of drug-likeness (QED) is 0.489. The molecule has 1 unspecified atom stereocenters. The van der Waals surface area contributed by atoms with Gasteiger partial charge in [-0.05, 0) is 55.3 Å². The highest BCUT2D eigenvalue weighted by Crippen LogP contribution is 2.58. The maximum Gasteiger partial charge on any atom is 0.336 e. The number of aliphatic hydroxyl groups is 1. The summed E-state index contributed by atoms with van der Waals surface area (Å²) in [5.74, 6) is 1.14. The van der Waals surface area contributed by atoms with Crippen LogP contribution in [0.25, 0.3) is 0 Å². The summed E-state index contributed by atoms with van der Waals surface area (Å²) in [4.78, 5) is 11.7. The summed E-state index contributed by atoms with van der Waals surface area (Å²) in [6, 6.07) is 0. The van der Waals surface area contributed by atoms with Crippen LogP contribution in [0.1, 0.15) is 46.0 Å². The molecule has 0 radical (unpaired) electrons. The highest BCUT2D eigenvalue weighted by molar-refractivity contribution is 5.91. The van der Waals surface area contributed by atoms with Crippen LogP contribution in [0.5, 0.6) is 0 Å². The van der Waals surface area contributed by atoms with Crippen molar-refractivity contribution in [3.63, 3.8) is 0 Å². The Morgan fingerprint density at radius 3 is 2.83 bits per heavy atom. The zero-order chi connectivity index (χ0) is 17.5. The Bertz CT molecular complexity index is 552. The van der Waals surface area contributed by atoms with Gasteiger partial charge in [-0.3, -0.25) is 0 Å². The number of hydrogen-bond acceptors (Lipinski definition) is 4. The first kappa shape index (κ1) is 17.7. The summed E-state index contributed by atoms with van der Waals surface area (Å²) < 4.78 is 10.6. The molecule has 4 heteroatoms. The maximum absolute atomic E-state index is 11.7. The van der Waals surface area contributed by atoms with Crippen molar-refractivity contribution in [2.75, 3.05) is 13.7 Å². The summed E-state index contributed by atoms with van der Waals surface area (Å²) in [7, 11) is 1.82. The number of fused-ring (bicyclic) bond motifs is 1. The first-order valence-corrected chi connectivity index (χ1v) is 9.14. The van der Waals surface area contributed by atoms with Crippen LogP contribution in [0.2, 0.25) is 0 Å². The molecule has 0 bridgehead atoms. The van der Waals surface area contributed by atoms with Gasteiger partial charge in [0.2, 0.25) is 0 Å². The van der Waals surface area contributed by atoms with Crippen LogP contribution in [0.4, 0.5) is 0 Å². The Labute approximate surface area is 144 Å². The molecule has 0 aromatic rings. The van der Waals surface area contributed by atoms with E-state index in [0.717, 1.165) is 25.7 Å².